The number of aryl methyl sites for hydroxylation is 2. The van der Waals surface area contributed by atoms with Gasteiger partial charge in [-0.05, 0) is 37.2 Å². The van der Waals surface area contributed by atoms with E-state index in [1.54, 1.807) is 0 Å². The maximum Gasteiger partial charge on any atom is 0.0681 e. The van der Waals surface area contributed by atoms with Crippen molar-refractivity contribution in [2.45, 2.75) is 51.0 Å². The fourth-order valence-electron chi connectivity index (χ4n) is 2.03. The Bertz CT molecular complexity index is 348. The fourth-order valence-corrected chi connectivity index (χ4v) is 2.03. The van der Waals surface area contributed by atoms with Crippen molar-refractivity contribution in [3.05, 3.63) is 17.5 Å². The summed E-state index contributed by atoms with van der Waals surface area (Å²) >= 11 is 0. The average Bonchev–Trinajstić information content (AvgIpc) is 2.75. The zero-order valence-corrected chi connectivity index (χ0v) is 9.95. The van der Waals surface area contributed by atoms with Crippen LogP contribution in [0.25, 0.3) is 0 Å². The van der Waals surface area contributed by atoms with E-state index < -0.39 is 0 Å². The van der Waals surface area contributed by atoms with E-state index >= 15 is 0 Å². The van der Waals surface area contributed by atoms with Gasteiger partial charge < -0.3 is 5.73 Å². The Morgan fingerprint density at radius 1 is 1.53 bits per heavy atom. The Balaban J connectivity index is 2.05. The molecule has 1 aromatic rings. The SMILES string of the molecule is CC(C)c1nn(C)cc1CCC1(N)CC1. The molecular formula is C12H21N3. The molecule has 84 valence electrons. The normalized spacial score (nSPS) is 18.5. The number of rotatable bonds is 4. The molecule has 1 aliphatic rings. The highest BCUT2D eigenvalue weighted by Crippen LogP contribution is 2.37. The molecule has 0 amide bonds. The van der Waals surface area contributed by atoms with Crippen LogP contribution in [0.1, 0.15) is 50.3 Å². The van der Waals surface area contributed by atoms with Crippen molar-refractivity contribution in [1.29, 1.82) is 0 Å². The van der Waals surface area contributed by atoms with E-state index in [0.717, 1.165) is 12.8 Å². The molecule has 2 rings (SSSR count). The predicted octanol–water partition coefficient (Wildman–Crippen LogP) is 1.97. The summed E-state index contributed by atoms with van der Waals surface area (Å²) in [4.78, 5) is 0. The molecule has 3 nitrogen and oxygen atoms in total. The van der Waals surface area contributed by atoms with Gasteiger partial charge in [0.25, 0.3) is 0 Å². The molecule has 3 heteroatoms. The van der Waals surface area contributed by atoms with Gasteiger partial charge >= 0.3 is 0 Å². The molecule has 0 unspecified atom stereocenters. The highest BCUT2D eigenvalue weighted by molar-refractivity contribution is 5.21. The van der Waals surface area contributed by atoms with Gasteiger partial charge in [-0.3, -0.25) is 4.68 Å². The van der Waals surface area contributed by atoms with Crippen molar-refractivity contribution in [3.8, 4) is 0 Å². The van der Waals surface area contributed by atoms with Crippen LogP contribution in [0.4, 0.5) is 0 Å². The lowest BCUT2D eigenvalue weighted by Crippen LogP contribution is -2.22. The number of nitrogens with two attached hydrogens (primary N) is 1. The molecule has 0 aliphatic heterocycles. The lowest BCUT2D eigenvalue weighted by atomic mass is 10.00. The van der Waals surface area contributed by atoms with Crippen LogP contribution in [0, 0.1) is 0 Å². The van der Waals surface area contributed by atoms with E-state index in [9.17, 15) is 0 Å². The van der Waals surface area contributed by atoms with Gasteiger partial charge in [0.05, 0.1) is 5.69 Å². The highest BCUT2D eigenvalue weighted by Gasteiger charge is 2.37. The molecule has 2 N–H and O–H groups in total. The van der Waals surface area contributed by atoms with Gasteiger partial charge in [-0.25, -0.2) is 0 Å². The first-order chi connectivity index (χ1) is 7.00. The van der Waals surface area contributed by atoms with Crippen molar-refractivity contribution in [3.63, 3.8) is 0 Å². The van der Waals surface area contributed by atoms with Crippen LogP contribution < -0.4 is 5.73 Å². The van der Waals surface area contributed by atoms with Crippen LogP contribution in [0.15, 0.2) is 6.20 Å². The van der Waals surface area contributed by atoms with E-state index in [1.807, 2.05) is 11.7 Å². The second-order valence-electron chi connectivity index (χ2n) is 5.23. The number of nitrogens with zero attached hydrogens (tertiary/aromatic N) is 2. The molecule has 0 saturated heterocycles. The van der Waals surface area contributed by atoms with Crippen LogP contribution in [-0.4, -0.2) is 15.3 Å². The van der Waals surface area contributed by atoms with E-state index in [4.69, 9.17) is 5.73 Å². The Hall–Kier alpha value is -0.830. The third-order valence-corrected chi connectivity index (χ3v) is 3.27. The summed E-state index contributed by atoms with van der Waals surface area (Å²) in [5.41, 5.74) is 8.87. The monoisotopic (exact) mass is 207 g/mol. The second kappa shape index (κ2) is 3.63. The van der Waals surface area contributed by atoms with Crippen molar-refractivity contribution in [2.24, 2.45) is 12.8 Å². The summed E-state index contributed by atoms with van der Waals surface area (Å²) in [6, 6.07) is 0. The van der Waals surface area contributed by atoms with Crippen molar-refractivity contribution < 1.29 is 0 Å². The summed E-state index contributed by atoms with van der Waals surface area (Å²) in [7, 11) is 1.99. The minimum absolute atomic E-state index is 0.157. The zero-order valence-electron chi connectivity index (χ0n) is 9.95. The first-order valence-electron chi connectivity index (χ1n) is 5.81. The number of hydrogen-bond donors (Lipinski definition) is 1. The molecule has 0 atom stereocenters. The molecule has 1 fully saturated rings. The first kappa shape index (κ1) is 10.7. The molecule has 1 aromatic heterocycles. The molecule has 1 heterocycles. The van der Waals surface area contributed by atoms with E-state index in [1.165, 1.54) is 24.1 Å². The standard InChI is InChI=1S/C12H21N3/c1-9(2)11-10(8-15(3)14-11)4-5-12(13)6-7-12/h8-9H,4-7,13H2,1-3H3. The van der Waals surface area contributed by atoms with Crippen LogP contribution in [0.2, 0.25) is 0 Å². The maximum absolute atomic E-state index is 6.10. The molecular weight excluding hydrogens is 186 g/mol. The van der Waals surface area contributed by atoms with Gasteiger partial charge in [0.1, 0.15) is 0 Å². The van der Waals surface area contributed by atoms with Gasteiger partial charge in [0.2, 0.25) is 0 Å². The molecule has 0 radical (unpaired) electrons. The second-order valence-corrected chi connectivity index (χ2v) is 5.23. The highest BCUT2D eigenvalue weighted by atomic mass is 15.3. The molecule has 0 spiro atoms. The Labute approximate surface area is 91.7 Å². The predicted molar refractivity (Wildman–Crippen MR) is 61.8 cm³/mol. The summed E-state index contributed by atoms with van der Waals surface area (Å²) in [6.07, 6.45) is 6.73. The summed E-state index contributed by atoms with van der Waals surface area (Å²) in [5.74, 6) is 0.508. The Morgan fingerprint density at radius 2 is 2.20 bits per heavy atom. The number of hydrogen-bond acceptors (Lipinski definition) is 2. The first-order valence-corrected chi connectivity index (χ1v) is 5.81. The molecule has 15 heavy (non-hydrogen) atoms. The average molecular weight is 207 g/mol. The Kier molecular flexibility index (Phi) is 2.59. The lowest BCUT2D eigenvalue weighted by molar-refractivity contribution is 0.605. The third-order valence-electron chi connectivity index (χ3n) is 3.27. The van der Waals surface area contributed by atoms with Gasteiger partial charge in [0, 0.05) is 18.8 Å². The van der Waals surface area contributed by atoms with Crippen LogP contribution in [0.5, 0.6) is 0 Å². The van der Waals surface area contributed by atoms with Crippen LogP contribution in [0.3, 0.4) is 0 Å². The smallest absolute Gasteiger partial charge is 0.0681 e. The summed E-state index contributed by atoms with van der Waals surface area (Å²) in [6.45, 7) is 4.39. The van der Waals surface area contributed by atoms with Crippen molar-refractivity contribution in [1.82, 2.24) is 9.78 Å². The molecule has 0 bridgehead atoms. The summed E-state index contributed by atoms with van der Waals surface area (Å²) in [5, 5.41) is 4.51. The zero-order chi connectivity index (χ0) is 11.1. The van der Waals surface area contributed by atoms with E-state index in [0.29, 0.717) is 5.92 Å². The van der Waals surface area contributed by atoms with Crippen molar-refractivity contribution in [2.75, 3.05) is 0 Å². The van der Waals surface area contributed by atoms with Gasteiger partial charge in [-0.15, -0.1) is 0 Å². The molecule has 1 aliphatic carbocycles. The Morgan fingerprint density at radius 3 is 2.73 bits per heavy atom. The topological polar surface area (TPSA) is 43.8 Å². The van der Waals surface area contributed by atoms with Crippen LogP contribution in [-0.2, 0) is 13.5 Å². The minimum Gasteiger partial charge on any atom is -0.325 e. The lowest BCUT2D eigenvalue weighted by Gasteiger charge is -2.09. The molecule has 1 saturated carbocycles. The quantitative estimate of drug-likeness (QED) is 0.820. The minimum atomic E-state index is 0.157. The molecule has 0 aromatic carbocycles. The maximum atomic E-state index is 6.10. The third kappa shape index (κ3) is 2.40. The van der Waals surface area contributed by atoms with Gasteiger partial charge in [-0.2, -0.15) is 5.10 Å². The van der Waals surface area contributed by atoms with E-state index in [2.05, 4.69) is 25.1 Å². The van der Waals surface area contributed by atoms with Crippen molar-refractivity contribution >= 4 is 0 Å². The van der Waals surface area contributed by atoms with Gasteiger partial charge in [0.15, 0.2) is 0 Å². The largest absolute Gasteiger partial charge is 0.325 e. The van der Waals surface area contributed by atoms with Crippen LogP contribution >= 0.6 is 0 Å². The van der Waals surface area contributed by atoms with Gasteiger partial charge in [-0.1, -0.05) is 13.8 Å². The van der Waals surface area contributed by atoms with E-state index in [-0.39, 0.29) is 5.54 Å². The fraction of sp³-hybridized carbons (Fsp3) is 0.750. The summed E-state index contributed by atoms with van der Waals surface area (Å²) < 4.78 is 1.92. The number of aromatic nitrogens is 2.